The van der Waals surface area contributed by atoms with Gasteiger partial charge in [-0.2, -0.15) is 0 Å². The van der Waals surface area contributed by atoms with Crippen molar-refractivity contribution in [2.75, 3.05) is 22.9 Å². The summed E-state index contributed by atoms with van der Waals surface area (Å²) in [5, 5.41) is 0.795. The summed E-state index contributed by atoms with van der Waals surface area (Å²) in [6.07, 6.45) is 0. The van der Waals surface area contributed by atoms with Crippen LogP contribution in [-0.2, 0) is 0 Å². The fourth-order valence-electron chi connectivity index (χ4n) is 3.41. The number of rotatable bonds is 2. The van der Waals surface area contributed by atoms with Gasteiger partial charge in [0.05, 0.1) is 0 Å². The van der Waals surface area contributed by atoms with Gasteiger partial charge in [0.2, 0.25) is 0 Å². The second-order valence-electron chi connectivity index (χ2n) is 6.32. The highest BCUT2D eigenvalue weighted by atomic mass is 35.5. The van der Waals surface area contributed by atoms with Crippen molar-refractivity contribution >= 4 is 23.0 Å². The molecule has 0 aliphatic carbocycles. The highest BCUT2D eigenvalue weighted by Crippen LogP contribution is 2.28. The minimum absolute atomic E-state index is 0.474. The predicted octanol–water partition coefficient (Wildman–Crippen LogP) is 4.75. The lowest BCUT2D eigenvalue weighted by Gasteiger charge is -2.46. The first-order valence-electron chi connectivity index (χ1n) is 7.90. The predicted molar refractivity (Wildman–Crippen MR) is 96.2 cm³/mol. The molecule has 116 valence electrons. The second kappa shape index (κ2) is 6.21. The van der Waals surface area contributed by atoms with Gasteiger partial charge in [0.25, 0.3) is 0 Å². The molecular weight excluding hydrogens is 292 g/mol. The highest BCUT2D eigenvalue weighted by molar-refractivity contribution is 6.30. The third kappa shape index (κ3) is 3.07. The Kier molecular flexibility index (Phi) is 4.30. The van der Waals surface area contributed by atoms with Crippen LogP contribution in [0.5, 0.6) is 0 Å². The summed E-state index contributed by atoms with van der Waals surface area (Å²) in [5.41, 5.74) is 3.89. The van der Waals surface area contributed by atoms with Crippen molar-refractivity contribution in [1.82, 2.24) is 0 Å². The first-order chi connectivity index (χ1) is 10.5. The average molecular weight is 315 g/mol. The summed E-state index contributed by atoms with van der Waals surface area (Å²) >= 11 is 6.00. The molecule has 1 aliphatic heterocycles. The molecule has 0 amide bonds. The van der Waals surface area contributed by atoms with Crippen LogP contribution < -0.4 is 9.80 Å². The molecule has 0 radical (unpaired) electrons. The molecule has 0 bridgehead atoms. The van der Waals surface area contributed by atoms with Crippen molar-refractivity contribution in [2.45, 2.75) is 32.9 Å². The van der Waals surface area contributed by atoms with Crippen LogP contribution in [-0.4, -0.2) is 25.2 Å². The molecule has 2 aromatic rings. The zero-order valence-corrected chi connectivity index (χ0v) is 14.2. The molecule has 0 spiro atoms. The maximum Gasteiger partial charge on any atom is 0.0440 e. The number of anilines is 2. The molecule has 3 heteroatoms. The molecule has 1 heterocycles. The summed E-state index contributed by atoms with van der Waals surface area (Å²) in [6.45, 7) is 8.80. The molecule has 22 heavy (non-hydrogen) atoms. The smallest absolute Gasteiger partial charge is 0.0440 e. The van der Waals surface area contributed by atoms with Crippen molar-refractivity contribution in [2.24, 2.45) is 0 Å². The third-order valence-electron chi connectivity index (χ3n) is 4.44. The van der Waals surface area contributed by atoms with Gasteiger partial charge in [-0.05, 0) is 57.2 Å². The summed E-state index contributed by atoms with van der Waals surface area (Å²) in [4.78, 5) is 4.99. The molecule has 2 nitrogen and oxygen atoms in total. The largest absolute Gasteiger partial charge is 0.367 e. The summed E-state index contributed by atoms with van der Waals surface area (Å²) in [6, 6.07) is 18.0. The fourth-order valence-corrected chi connectivity index (χ4v) is 3.54. The topological polar surface area (TPSA) is 6.48 Å². The van der Waals surface area contributed by atoms with Gasteiger partial charge in [-0.15, -0.1) is 0 Å². The van der Waals surface area contributed by atoms with Crippen LogP contribution in [0.2, 0.25) is 5.02 Å². The number of nitrogens with zero attached hydrogens (tertiary/aromatic N) is 2. The van der Waals surface area contributed by atoms with E-state index in [-0.39, 0.29) is 0 Å². The van der Waals surface area contributed by atoms with E-state index in [4.69, 9.17) is 11.6 Å². The Bertz CT molecular complexity index is 609. The lowest BCUT2D eigenvalue weighted by Crippen LogP contribution is -2.57. The lowest BCUT2D eigenvalue weighted by molar-refractivity contribution is 0.475. The van der Waals surface area contributed by atoms with E-state index in [9.17, 15) is 0 Å². The van der Waals surface area contributed by atoms with Gasteiger partial charge in [-0.25, -0.2) is 0 Å². The zero-order chi connectivity index (χ0) is 15.7. The number of hydrogen-bond acceptors (Lipinski definition) is 2. The molecule has 0 unspecified atom stereocenters. The van der Waals surface area contributed by atoms with Crippen molar-refractivity contribution in [3.05, 3.63) is 59.1 Å². The molecule has 3 rings (SSSR count). The monoisotopic (exact) mass is 314 g/mol. The standard InChI is InChI=1S/C19H23ClN2/c1-14-4-8-19(9-5-14)22-15(2)12-21(13-16(22)3)18-10-6-17(20)7-11-18/h4-11,15-16H,12-13H2,1-3H3/t15-,16-/m1/s1. The first kappa shape index (κ1) is 15.2. The van der Waals surface area contributed by atoms with E-state index in [0.717, 1.165) is 18.1 Å². The fraction of sp³-hybridized carbons (Fsp3) is 0.368. The minimum Gasteiger partial charge on any atom is -0.367 e. The van der Waals surface area contributed by atoms with Gasteiger partial charge in [0, 0.05) is 41.6 Å². The van der Waals surface area contributed by atoms with Gasteiger partial charge in [0.15, 0.2) is 0 Å². The van der Waals surface area contributed by atoms with Crippen LogP contribution in [0.1, 0.15) is 19.4 Å². The van der Waals surface area contributed by atoms with Gasteiger partial charge in [0.1, 0.15) is 0 Å². The van der Waals surface area contributed by atoms with Crippen LogP contribution in [0.4, 0.5) is 11.4 Å². The number of piperazine rings is 1. The van der Waals surface area contributed by atoms with Crippen molar-refractivity contribution in [1.29, 1.82) is 0 Å². The molecule has 0 saturated carbocycles. The van der Waals surface area contributed by atoms with Gasteiger partial charge < -0.3 is 9.80 Å². The molecule has 1 aliphatic rings. The van der Waals surface area contributed by atoms with E-state index in [1.165, 1.54) is 16.9 Å². The Balaban J connectivity index is 1.79. The van der Waals surface area contributed by atoms with E-state index < -0.39 is 0 Å². The first-order valence-corrected chi connectivity index (χ1v) is 8.28. The van der Waals surface area contributed by atoms with Gasteiger partial charge >= 0.3 is 0 Å². The quantitative estimate of drug-likeness (QED) is 0.789. The van der Waals surface area contributed by atoms with Crippen LogP contribution in [0.3, 0.4) is 0 Å². The lowest BCUT2D eigenvalue weighted by atomic mass is 10.0. The van der Waals surface area contributed by atoms with Crippen molar-refractivity contribution in [3.63, 3.8) is 0 Å². The minimum atomic E-state index is 0.474. The van der Waals surface area contributed by atoms with Crippen LogP contribution in [0.15, 0.2) is 48.5 Å². The molecule has 1 fully saturated rings. The molecule has 2 aromatic carbocycles. The molecular formula is C19H23ClN2. The van der Waals surface area contributed by atoms with E-state index in [2.05, 4.69) is 67.0 Å². The van der Waals surface area contributed by atoms with E-state index >= 15 is 0 Å². The average Bonchev–Trinajstić information content (AvgIpc) is 2.49. The highest BCUT2D eigenvalue weighted by Gasteiger charge is 2.29. The van der Waals surface area contributed by atoms with Crippen LogP contribution in [0.25, 0.3) is 0 Å². The number of halogens is 1. The normalized spacial score (nSPS) is 22.0. The van der Waals surface area contributed by atoms with Gasteiger partial charge in [-0.1, -0.05) is 29.3 Å². The van der Waals surface area contributed by atoms with Crippen molar-refractivity contribution in [3.8, 4) is 0 Å². The maximum atomic E-state index is 6.00. The van der Waals surface area contributed by atoms with E-state index in [0.29, 0.717) is 12.1 Å². The van der Waals surface area contributed by atoms with Crippen molar-refractivity contribution < 1.29 is 0 Å². The third-order valence-corrected chi connectivity index (χ3v) is 4.69. The number of hydrogen-bond donors (Lipinski definition) is 0. The molecule has 0 aromatic heterocycles. The Hall–Kier alpha value is -1.67. The summed E-state index contributed by atoms with van der Waals surface area (Å²) in [7, 11) is 0. The Morgan fingerprint density at radius 2 is 1.32 bits per heavy atom. The van der Waals surface area contributed by atoms with Gasteiger partial charge in [-0.3, -0.25) is 0 Å². The molecule has 1 saturated heterocycles. The Labute approximate surface area is 138 Å². The summed E-state index contributed by atoms with van der Waals surface area (Å²) in [5.74, 6) is 0. The second-order valence-corrected chi connectivity index (χ2v) is 6.76. The van der Waals surface area contributed by atoms with Crippen LogP contribution >= 0.6 is 11.6 Å². The van der Waals surface area contributed by atoms with E-state index in [1.54, 1.807) is 0 Å². The Morgan fingerprint density at radius 3 is 1.86 bits per heavy atom. The summed E-state index contributed by atoms with van der Waals surface area (Å²) < 4.78 is 0. The molecule has 2 atom stereocenters. The zero-order valence-electron chi connectivity index (χ0n) is 13.5. The van der Waals surface area contributed by atoms with Crippen LogP contribution in [0, 0.1) is 6.92 Å². The van der Waals surface area contributed by atoms with E-state index in [1.807, 2.05) is 12.1 Å². The number of aryl methyl sites for hydroxylation is 1. The molecule has 0 N–H and O–H groups in total. The Morgan fingerprint density at radius 1 is 0.818 bits per heavy atom. The SMILES string of the molecule is Cc1ccc(N2[C@H](C)CN(c3ccc(Cl)cc3)C[C@H]2C)cc1. The number of benzene rings is 2. The maximum absolute atomic E-state index is 6.00.